The van der Waals surface area contributed by atoms with Crippen LogP contribution < -0.4 is 32.3 Å². The van der Waals surface area contributed by atoms with Gasteiger partial charge < -0.3 is 41.8 Å². The van der Waals surface area contributed by atoms with Gasteiger partial charge in [-0.3, -0.25) is 19.2 Å². The normalized spacial score (nSPS) is 18.5. The molecule has 0 saturated carbocycles. The minimum Gasteiger partial charge on any atom is -0.444 e. The molecule has 2 aliphatic carbocycles. The van der Waals surface area contributed by atoms with E-state index >= 15 is 0 Å². The summed E-state index contributed by atoms with van der Waals surface area (Å²) in [5.74, 6) is -3.29. The number of nitrogens with zero attached hydrogens (tertiary/aromatic N) is 2. The van der Waals surface area contributed by atoms with E-state index in [9.17, 15) is 46.3 Å². The van der Waals surface area contributed by atoms with Crippen LogP contribution in [0.1, 0.15) is 80.7 Å². The molecule has 23 heteroatoms. The lowest BCUT2D eigenvalue weighted by Gasteiger charge is -2.17. The summed E-state index contributed by atoms with van der Waals surface area (Å²) in [6.07, 6.45) is 4.37. The third kappa shape index (κ3) is 12.2. The van der Waals surface area contributed by atoms with E-state index in [2.05, 4.69) is 31.6 Å². The second-order valence-electron chi connectivity index (χ2n) is 15.5. The van der Waals surface area contributed by atoms with Crippen molar-refractivity contribution in [3.05, 3.63) is 146 Å². The van der Waals surface area contributed by atoms with Crippen LogP contribution in [0.25, 0.3) is 0 Å². The second-order valence-corrected chi connectivity index (χ2v) is 16.4. The van der Waals surface area contributed by atoms with Crippen LogP contribution in [-0.2, 0) is 31.9 Å². The summed E-state index contributed by atoms with van der Waals surface area (Å²) in [4.78, 5) is 74.4. The predicted molar refractivity (Wildman–Crippen MR) is 242 cm³/mol. The average Bonchev–Trinajstić information content (AvgIpc) is 4.16. The lowest BCUT2D eigenvalue weighted by molar-refractivity contribution is -0.120. The van der Waals surface area contributed by atoms with Gasteiger partial charge in [0.2, 0.25) is 11.8 Å². The first kappa shape index (κ1) is 50.7. The number of anilines is 2. The van der Waals surface area contributed by atoms with Crippen LogP contribution in [0.2, 0.25) is 10.0 Å². The predicted octanol–water partition coefficient (Wildman–Crippen LogP) is 7.47. The van der Waals surface area contributed by atoms with Gasteiger partial charge in [0, 0.05) is 52.1 Å². The molecule has 4 aromatic carbocycles. The van der Waals surface area contributed by atoms with Crippen molar-refractivity contribution in [1.29, 1.82) is 0 Å². The first-order valence-corrected chi connectivity index (χ1v) is 21.4. The Labute approximate surface area is 401 Å². The Morgan fingerprint density at radius 2 is 1.21 bits per heavy atom. The molecule has 68 heavy (non-hydrogen) atoms. The highest BCUT2D eigenvalue weighted by Gasteiger charge is 2.33. The molecule has 1 aromatic heterocycles. The number of alkyl carbamates (subject to hydrolysis) is 1. The summed E-state index contributed by atoms with van der Waals surface area (Å²) in [6.45, 7) is 0.624. The third-order valence-corrected chi connectivity index (χ3v) is 11.6. The van der Waals surface area contributed by atoms with Crippen LogP contribution in [0.4, 0.5) is 38.5 Å². The minimum absolute atomic E-state index is 0. The molecule has 2 aliphatic heterocycles. The zero-order valence-corrected chi connectivity index (χ0v) is 37.7. The van der Waals surface area contributed by atoms with Gasteiger partial charge in [-0.1, -0.05) is 23.2 Å². The molecule has 358 valence electrons. The highest BCUT2D eigenvalue weighted by molar-refractivity contribution is 6.31. The summed E-state index contributed by atoms with van der Waals surface area (Å²) in [5, 5.41) is 12.8. The van der Waals surface area contributed by atoms with Crippen molar-refractivity contribution in [2.24, 2.45) is 5.73 Å². The maximum Gasteiger partial charge on any atom is 0.419 e. The van der Waals surface area contributed by atoms with Crippen molar-refractivity contribution in [1.82, 2.24) is 25.5 Å². The number of nitrogens with one attached hydrogen (secondary N) is 5. The maximum atomic E-state index is 14.6. The van der Waals surface area contributed by atoms with Crippen molar-refractivity contribution in [2.45, 2.75) is 62.8 Å². The van der Waals surface area contributed by atoms with Crippen LogP contribution in [0, 0.1) is 23.3 Å². The lowest BCUT2D eigenvalue weighted by Crippen LogP contribution is -2.32. The fraction of sp³-hybridized carbons (Fsp3) is 0.267. The average molecular weight is 1000 g/mol. The number of amides is 5. The molecule has 0 spiro atoms. The van der Waals surface area contributed by atoms with E-state index in [4.69, 9.17) is 38.4 Å². The van der Waals surface area contributed by atoms with Crippen molar-refractivity contribution >= 4 is 82.8 Å². The monoisotopic (exact) mass is 1000 g/mol. The molecule has 7 N–H and O–H groups in total. The first-order chi connectivity index (χ1) is 32.0. The van der Waals surface area contributed by atoms with E-state index in [1.54, 1.807) is 0 Å². The zero-order chi connectivity index (χ0) is 47.9. The summed E-state index contributed by atoms with van der Waals surface area (Å²) in [6, 6.07) is 11.8. The Kier molecular flexibility index (Phi) is 16.7. The number of ether oxygens (including phenoxy) is 2. The quantitative estimate of drug-likeness (QED) is 0.0883. The second kappa shape index (κ2) is 22.4. The van der Waals surface area contributed by atoms with E-state index in [-0.39, 0.29) is 82.7 Å². The molecule has 9 rings (SSSR count). The molecule has 2 saturated heterocycles. The van der Waals surface area contributed by atoms with E-state index in [1.165, 1.54) is 71.8 Å². The van der Waals surface area contributed by atoms with Gasteiger partial charge in [-0.05, 0) is 97.5 Å². The van der Waals surface area contributed by atoms with E-state index in [0.29, 0.717) is 65.9 Å². The van der Waals surface area contributed by atoms with Crippen LogP contribution in [-0.4, -0.2) is 70.7 Å². The van der Waals surface area contributed by atoms with Gasteiger partial charge in [0.25, 0.3) is 11.8 Å². The number of benzene rings is 4. The zero-order valence-electron chi connectivity index (χ0n) is 35.4. The molecular weight excluding hydrogens is 963 g/mol. The van der Waals surface area contributed by atoms with Crippen molar-refractivity contribution < 1.29 is 55.8 Å². The van der Waals surface area contributed by atoms with E-state index in [0.717, 1.165) is 12.1 Å². The topological polar surface area (TPSA) is 225 Å². The summed E-state index contributed by atoms with van der Waals surface area (Å²) < 4.78 is 66.3. The number of carbonyl (C=O) groups excluding carboxylic acids is 6. The summed E-state index contributed by atoms with van der Waals surface area (Å²) in [7, 11) is 0. The number of halogens is 7. The van der Waals surface area contributed by atoms with Crippen LogP contribution in [0.15, 0.2) is 79.4 Å². The van der Waals surface area contributed by atoms with Gasteiger partial charge in [0.05, 0.1) is 42.0 Å². The number of hydrogen-bond acceptors (Lipinski definition) is 10. The number of carbonyl (C=O) groups is 6. The van der Waals surface area contributed by atoms with Crippen LogP contribution in [0.5, 0.6) is 0 Å². The molecule has 4 aliphatic rings. The Bertz CT molecular complexity index is 2750. The van der Waals surface area contributed by atoms with Crippen molar-refractivity contribution in [3.63, 3.8) is 0 Å². The molecule has 3 heterocycles. The fourth-order valence-corrected chi connectivity index (χ4v) is 8.16. The first-order valence-electron chi connectivity index (χ1n) is 20.6. The number of aromatic nitrogens is 2. The SMILES string of the molecule is Cl.N[C@H]1CCc2c(C(=O)Nc3ccc(F)c(Cl)c3)ccc(F)c21.O=C1C[C@H](OC(=O)N[C@H]2CCc3c(C(=O)Nc4ccc(F)c(Cl)c4)ccc(F)c32)CN1.O=C1C[C@H](OC(=O)n2ccnc2)CN1. The number of hydrogen-bond donors (Lipinski definition) is 6. The third-order valence-electron chi connectivity index (χ3n) is 11.0. The molecule has 5 amide bonds. The largest absolute Gasteiger partial charge is 0.444 e. The number of rotatable bonds is 7. The number of imidazole rings is 1. The fourth-order valence-electron chi connectivity index (χ4n) is 7.80. The minimum atomic E-state index is -0.755. The highest BCUT2D eigenvalue weighted by Crippen LogP contribution is 2.37. The van der Waals surface area contributed by atoms with Gasteiger partial charge in [0.15, 0.2) is 0 Å². The van der Waals surface area contributed by atoms with Gasteiger partial charge in [-0.15, -0.1) is 12.4 Å². The van der Waals surface area contributed by atoms with E-state index < -0.39 is 53.6 Å². The molecule has 16 nitrogen and oxygen atoms in total. The highest BCUT2D eigenvalue weighted by atomic mass is 35.5. The Balaban J connectivity index is 0.000000179. The summed E-state index contributed by atoms with van der Waals surface area (Å²) >= 11 is 11.4. The summed E-state index contributed by atoms with van der Waals surface area (Å²) in [5.41, 5.74) is 8.92. The Hall–Kier alpha value is -6.74. The van der Waals surface area contributed by atoms with E-state index in [1.807, 2.05) is 0 Å². The van der Waals surface area contributed by atoms with Gasteiger partial charge in [0.1, 0.15) is 41.8 Å². The van der Waals surface area contributed by atoms with Crippen molar-refractivity contribution in [3.8, 4) is 0 Å². The molecular formula is C45H41Cl3F4N8O8. The standard InChI is InChI=1S/C21H18ClF2N3O4.C16H13ClF2N2O.C8H9N3O3.ClH/c22-14-7-10(1-4-15(14)23)26-20(29)13-2-5-16(24)19-12(13)3-6-17(19)27-21(30)31-11-8-18(28)25-9-11;17-11-7-8(1-4-12(11)18)21-16(22)10-2-5-13(19)15-9(10)3-6-14(15)20;12-7-3-6(4-10-7)14-8(13)11-2-1-9-5-11;/h1-2,4-5,7,11,17H,3,6,8-9H2,(H,25,28)(H,26,29)(H,27,30);1-2,4-5,7,14H,3,6,20H2,(H,21,22);1-2,5-6H,3-4H2,(H,10,12);1H/t11-,17-;14-;6-;/m000./s1. The van der Waals surface area contributed by atoms with Gasteiger partial charge in [-0.25, -0.2) is 36.7 Å². The number of fused-ring (bicyclic) bond motifs is 2. The lowest BCUT2D eigenvalue weighted by atomic mass is 10.0. The van der Waals surface area contributed by atoms with Gasteiger partial charge in [-0.2, -0.15) is 0 Å². The molecule has 4 atom stereocenters. The smallest absolute Gasteiger partial charge is 0.419 e. The van der Waals surface area contributed by atoms with Gasteiger partial charge >= 0.3 is 12.2 Å². The molecule has 0 radical (unpaired) electrons. The van der Waals surface area contributed by atoms with Crippen molar-refractivity contribution in [2.75, 3.05) is 23.7 Å². The maximum absolute atomic E-state index is 14.6. The molecule has 5 aromatic rings. The number of nitrogens with two attached hydrogens (primary N) is 1. The molecule has 2 fully saturated rings. The molecule has 0 bridgehead atoms. The molecule has 0 unspecified atom stereocenters. The Morgan fingerprint density at radius 3 is 1.71 bits per heavy atom. The van der Waals surface area contributed by atoms with Crippen LogP contribution >= 0.6 is 35.6 Å². The Morgan fingerprint density at radius 1 is 0.706 bits per heavy atom. The van der Waals surface area contributed by atoms with Crippen LogP contribution in [0.3, 0.4) is 0 Å².